The van der Waals surface area contributed by atoms with Crippen LogP contribution in [0.1, 0.15) is 0 Å². The normalized spacial score (nSPS) is 11.8. The molecule has 1 heterocycles. The summed E-state index contributed by atoms with van der Waals surface area (Å²) in [4.78, 5) is 0.271. The molecule has 0 saturated carbocycles. The summed E-state index contributed by atoms with van der Waals surface area (Å²) >= 11 is 0. The molecule has 0 aliphatic rings. The monoisotopic (exact) mass is 230 g/mol. The standard InChI is InChI=1S/C5H2F4N2O2S/c6-1-3(14(10,12)13)2(7)5(9)11-4(1)8/h(H2,10,12,13). The molecule has 0 bridgehead atoms. The van der Waals surface area contributed by atoms with E-state index in [2.05, 4.69) is 10.1 Å². The minimum Gasteiger partial charge on any atom is -0.224 e. The number of sulfonamides is 1. The third-order valence-corrected chi connectivity index (χ3v) is 2.17. The van der Waals surface area contributed by atoms with Gasteiger partial charge in [0.05, 0.1) is 0 Å². The molecule has 0 aliphatic carbocycles. The Morgan fingerprint density at radius 2 is 1.36 bits per heavy atom. The number of primary sulfonamides is 1. The van der Waals surface area contributed by atoms with Crippen LogP contribution in [0.3, 0.4) is 0 Å². The van der Waals surface area contributed by atoms with Gasteiger partial charge in [0.2, 0.25) is 21.7 Å². The molecule has 14 heavy (non-hydrogen) atoms. The van der Waals surface area contributed by atoms with E-state index in [0.717, 1.165) is 0 Å². The van der Waals surface area contributed by atoms with Gasteiger partial charge in [-0.1, -0.05) is 0 Å². The van der Waals surface area contributed by atoms with Crippen LogP contribution in [0, 0.1) is 23.5 Å². The Hall–Kier alpha value is -1.22. The Bertz CT molecular complexity index is 461. The van der Waals surface area contributed by atoms with Gasteiger partial charge in [-0.05, 0) is 0 Å². The van der Waals surface area contributed by atoms with Crippen LogP contribution < -0.4 is 5.14 Å². The molecular formula is C5H2F4N2O2S. The number of nitrogens with two attached hydrogens (primary N) is 1. The van der Waals surface area contributed by atoms with E-state index in [4.69, 9.17) is 0 Å². The lowest BCUT2D eigenvalue weighted by Crippen LogP contribution is -2.19. The fourth-order valence-electron chi connectivity index (χ4n) is 0.718. The van der Waals surface area contributed by atoms with Gasteiger partial charge in [-0.3, -0.25) is 0 Å². The second-order valence-corrected chi connectivity index (χ2v) is 3.69. The zero-order valence-corrected chi connectivity index (χ0v) is 7.08. The van der Waals surface area contributed by atoms with E-state index in [1.807, 2.05) is 0 Å². The van der Waals surface area contributed by atoms with Crippen LogP contribution in [0.2, 0.25) is 0 Å². The highest BCUT2D eigenvalue weighted by Crippen LogP contribution is 2.19. The van der Waals surface area contributed by atoms with Gasteiger partial charge in [0.25, 0.3) is 11.9 Å². The topological polar surface area (TPSA) is 73.1 Å². The highest BCUT2D eigenvalue weighted by Gasteiger charge is 2.28. The van der Waals surface area contributed by atoms with Crippen LogP contribution >= 0.6 is 0 Å². The molecule has 0 unspecified atom stereocenters. The third-order valence-electron chi connectivity index (χ3n) is 1.24. The number of aromatic nitrogens is 1. The molecule has 1 aromatic heterocycles. The lowest BCUT2D eigenvalue weighted by Gasteiger charge is -2.02. The quantitative estimate of drug-likeness (QED) is 0.556. The Labute approximate surface area is 75.4 Å². The lowest BCUT2D eigenvalue weighted by molar-refractivity contribution is 0.379. The molecule has 9 heteroatoms. The van der Waals surface area contributed by atoms with E-state index < -0.39 is 38.4 Å². The highest BCUT2D eigenvalue weighted by molar-refractivity contribution is 7.89. The van der Waals surface area contributed by atoms with Gasteiger partial charge in [-0.15, -0.1) is 0 Å². The van der Waals surface area contributed by atoms with Crippen molar-refractivity contribution in [1.82, 2.24) is 4.98 Å². The largest absolute Gasteiger partial charge is 0.253 e. The van der Waals surface area contributed by atoms with E-state index in [1.54, 1.807) is 0 Å². The van der Waals surface area contributed by atoms with Crippen LogP contribution in [-0.2, 0) is 10.0 Å². The van der Waals surface area contributed by atoms with E-state index >= 15 is 0 Å². The second-order valence-electron chi connectivity index (χ2n) is 2.20. The van der Waals surface area contributed by atoms with E-state index in [-0.39, 0.29) is 0 Å². The number of pyridine rings is 1. The Morgan fingerprint density at radius 1 is 1.00 bits per heavy atom. The summed E-state index contributed by atoms with van der Waals surface area (Å²) in [5, 5.41) is 4.33. The Kier molecular flexibility index (Phi) is 2.46. The molecule has 0 fully saturated rings. The minimum absolute atomic E-state index is 1.87. The molecule has 0 aromatic carbocycles. The minimum atomic E-state index is -4.88. The van der Waals surface area contributed by atoms with Crippen LogP contribution in [-0.4, -0.2) is 13.4 Å². The first kappa shape index (κ1) is 10.9. The van der Waals surface area contributed by atoms with Gasteiger partial charge in [0.1, 0.15) is 0 Å². The van der Waals surface area contributed by atoms with Crippen molar-refractivity contribution in [2.24, 2.45) is 5.14 Å². The van der Waals surface area contributed by atoms with Crippen molar-refractivity contribution < 1.29 is 26.0 Å². The van der Waals surface area contributed by atoms with E-state index in [1.165, 1.54) is 0 Å². The first-order valence-electron chi connectivity index (χ1n) is 2.98. The number of rotatable bonds is 1. The van der Waals surface area contributed by atoms with Crippen LogP contribution in [0.25, 0.3) is 0 Å². The maximum atomic E-state index is 12.6. The molecule has 4 nitrogen and oxygen atoms in total. The van der Waals surface area contributed by atoms with Gasteiger partial charge < -0.3 is 0 Å². The van der Waals surface area contributed by atoms with Gasteiger partial charge in [-0.2, -0.15) is 13.8 Å². The van der Waals surface area contributed by atoms with Crippen molar-refractivity contribution >= 4 is 10.0 Å². The summed E-state index contributed by atoms with van der Waals surface area (Å²) in [6.45, 7) is 0. The molecular weight excluding hydrogens is 228 g/mol. The third kappa shape index (κ3) is 1.68. The lowest BCUT2D eigenvalue weighted by atomic mass is 10.4. The summed E-state index contributed by atoms with van der Waals surface area (Å²) < 4.78 is 71.0. The fraction of sp³-hybridized carbons (Fsp3) is 0. The molecule has 0 atom stereocenters. The van der Waals surface area contributed by atoms with Gasteiger partial charge in [0, 0.05) is 0 Å². The SMILES string of the molecule is NS(=O)(=O)c1c(F)c(F)nc(F)c1F. The average Bonchev–Trinajstić information content (AvgIpc) is 1.98. The number of halogens is 4. The molecule has 0 amide bonds. The molecule has 1 rings (SSSR count). The summed E-state index contributed by atoms with van der Waals surface area (Å²) in [6, 6.07) is 0. The van der Waals surface area contributed by atoms with Crippen LogP contribution in [0.4, 0.5) is 17.6 Å². The Morgan fingerprint density at radius 3 is 1.64 bits per heavy atom. The molecule has 78 valence electrons. The van der Waals surface area contributed by atoms with Crippen molar-refractivity contribution in [2.45, 2.75) is 4.90 Å². The summed E-state index contributed by atoms with van der Waals surface area (Å²) in [5.41, 5.74) is 0. The first-order chi connectivity index (χ1) is 6.25. The smallest absolute Gasteiger partial charge is 0.224 e. The molecule has 0 aliphatic heterocycles. The van der Waals surface area contributed by atoms with E-state index in [0.29, 0.717) is 0 Å². The average molecular weight is 230 g/mol. The van der Waals surface area contributed by atoms with Crippen LogP contribution in [0.15, 0.2) is 4.90 Å². The predicted molar refractivity (Wildman–Crippen MR) is 35.4 cm³/mol. The van der Waals surface area contributed by atoms with Crippen molar-refractivity contribution in [3.05, 3.63) is 23.5 Å². The van der Waals surface area contributed by atoms with E-state index in [9.17, 15) is 26.0 Å². The maximum absolute atomic E-state index is 12.6. The zero-order valence-electron chi connectivity index (χ0n) is 6.26. The van der Waals surface area contributed by atoms with Crippen molar-refractivity contribution in [3.63, 3.8) is 0 Å². The fourth-order valence-corrected chi connectivity index (χ4v) is 1.39. The summed E-state index contributed by atoms with van der Waals surface area (Å²) in [6.07, 6.45) is 0. The van der Waals surface area contributed by atoms with Gasteiger partial charge in [0.15, 0.2) is 4.90 Å². The highest BCUT2D eigenvalue weighted by atomic mass is 32.2. The zero-order chi connectivity index (χ0) is 11.1. The van der Waals surface area contributed by atoms with Crippen molar-refractivity contribution in [1.29, 1.82) is 0 Å². The summed E-state index contributed by atoms with van der Waals surface area (Å²) in [5.74, 6) is -8.45. The first-order valence-corrected chi connectivity index (χ1v) is 4.52. The number of hydrogen-bond acceptors (Lipinski definition) is 3. The Balaban J connectivity index is 3.74. The molecule has 0 radical (unpaired) electrons. The maximum Gasteiger partial charge on any atom is 0.253 e. The van der Waals surface area contributed by atoms with Gasteiger partial charge in [-0.25, -0.2) is 22.3 Å². The number of nitrogens with zero attached hydrogens (tertiary/aromatic N) is 1. The van der Waals surface area contributed by atoms with Gasteiger partial charge >= 0.3 is 0 Å². The number of hydrogen-bond donors (Lipinski definition) is 1. The molecule has 0 spiro atoms. The van der Waals surface area contributed by atoms with Crippen LogP contribution in [0.5, 0.6) is 0 Å². The summed E-state index contributed by atoms with van der Waals surface area (Å²) in [7, 11) is -4.88. The second kappa shape index (κ2) is 3.17. The van der Waals surface area contributed by atoms with Crippen molar-refractivity contribution in [3.8, 4) is 0 Å². The van der Waals surface area contributed by atoms with Crippen molar-refractivity contribution in [2.75, 3.05) is 0 Å². The molecule has 1 aromatic rings. The molecule has 0 saturated heterocycles. The predicted octanol–water partition coefficient (Wildman–Crippen LogP) is 0.285. The molecule has 2 N–H and O–H groups in total.